The SMILES string of the molecule is OCc1ccccc1CNCc1ccccc1.[Cl-].[H+]. The van der Waals surface area contributed by atoms with Gasteiger partial charge in [-0.25, -0.2) is 0 Å². The van der Waals surface area contributed by atoms with Crippen molar-refractivity contribution in [1.29, 1.82) is 0 Å². The highest BCUT2D eigenvalue weighted by Crippen LogP contribution is 2.08. The first kappa shape index (κ1) is 14.7. The van der Waals surface area contributed by atoms with E-state index in [0.717, 1.165) is 24.2 Å². The Bertz CT molecular complexity index is 465. The smallest absolute Gasteiger partial charge is 1.00 e. The maximum atomic E-state index is 9.21. The monoisotopic (exact) mass is 263 g/mol. The molecule has 0 saturated heterocycles. The summed E-state index contributed by atoms with van der Waals surface area (Å²) < 4.78 is 0. The average Bonchev–Trinajstić information content (AvgIpc) is 2.40. The summed E-state index contributed by atoms with van der Waals surface area (Å²) in [5.74, 6) is 0. The van der Waals surface area contributed by atoms with Crippen molar-refractivity contribution >= 4 is 0 Å². The topological polar surface area (TPSA) is 32.3 Å². The van der Waals surface area contributed by atoms with Crippen LogP contribution in [-0.4, -0.2) is 5.11 Å². The van der Waals surface area contributed by atoms with E-state index in [1.165, 1.54) is 5.56 Å². The van der Waals surface area contributed by atoms with Crippen LogP contribution in [0.15, 0.2) is 54.6 Å². The van der Waals surface area contributed by atoms with Gasteiger partial charge in [0.2, 0.25) is 0 Å². The van der Waals surface area contributed by atoms with Crippen LogP contribution in [0.5, 0.6) is 0 Å². The lowest BCUT2D eigenvalue weighted by Gasteiger charge is -2.08. The Balaban J connectivity index is 0.00000162. The van der Waals surface area contributed by atoms with Crippen molar-refractivity contribution in [3.05, 3.63) is 71.3 Å². The summed E-state index contributed by atoms with van der Waals surface area (Å²) in [6.07, 6.45) is 0. The van der Waals surface area contributed by atoms with E-state index in [2.05, 4.69) is 17.4 Å². The Labute approximate surface area is 116 Å². The standard InChI is InChI=1S/C15H17NO.ClH/c17-12-15-9-5-4-8-14(15)11-16-10-13-6-2-1-3-7-13;/h1-9,16-17H,10-12H2;1H. The zero-order valence-electron chi connectivity index (χ0n) is 11.1. The molecule has 0 spiro atoms. The Kier molecular flexibility index (Phi) is 6.44. The largest absolute Gasteiger partial charge is 1.00 e. The third-order valence-corrected chi connectivity index (χ3v) is 2.78. The highest BCUT2D eigenvalue weighted by Gasteiger charge is 1.99. The fourth-order valence-corrected chi connectivity index (χ4v) is 1.82. The van der Waals surface area contributed by atoms with Crippen LogP contribution in [-0.2, 0) is 19.7 Å². The number of rotatable bonds is 5. The summed E-state index contributed by atoms with van der Waals surface area (Å²) in [4.78, 5) is 0. The fraction of sp³-hybridized carbons (Fsp3) is 0.200. The maximum absolute atomic E-state index is 9.21. The van der Waals surface area contributed by atoms with Gasteiger partial charge in [-0.1, -0.05) is 54.6 Å². The molecule has 2 aromatic rings. The van der Waals surface area contributed by atoms with Crippen molar-refractivity contribution in [2.75, 3.05) is 0 Å². The highest BCUT2D eigenvalue weighted by atomic mass is 35.5. The van der Waals surface area contributed by atoms with Gasteiger partial charge in [-0.2, -0.15) is 0 Å². The zero-order chi connectivity index (χ0) is 11.9. The van der Waals surface area contributed by atoms with Gasteiger partial charge in [-0.3, -0.25) is 0 Å². The zero-order valence-corrected chi connectivity index (χ0v) is 10.9. The molecule has 2 N–H and O–H groups in total. The molecule has 0 heterocycles. The number of hydrogen-bond donors (Lipinski definition) is 2. The Morgan fingerprint density at radius 1 is 0.833 bits per heavy atom. The number of aliphatic hydroxyl groups excluding tert-OH is 1. The van der Waals surface area contributed by atoms with Crippen molar-refractivity contribution in [2.24, 2.45) is 0 Å². The number of halogens is 1. The minimum atomic E-state index is 0. The van der Waals surface area contributed by atoms with E-state index in [0.29, 0.717) is 0 Å². The van der Waals surface area contributed by atoms with Crippen molar-refractivity contribution < 1.29 is 18.9 Å². The summed E-state index contributed by atoms with van der Waals surface area (Å²) in [6, 6.07) is 18.3. The number of benzene rings is 2. The fourth-order valence-electron chi connectivity index (χ4n) is 1.82. The van der Waals surface area contributed by atoms with E-state index in [1.807, 2.05) is 42.5 Å². The van der Waals surface area contributed by atoms with Crippen LogP contribution >= 0.6 is 0 Å². The van der Waals surface area contributed by atoms with Gasteiger partial charge >= 0.3 is 1.43 Å². The summed E-state index contributed by atoms with van der Waals surface area (Å²) in [5, 5.41) is 12.6. The van der Waals surface area contributed by atoms with Gasteiger partial charge in [0.25, 0.3) is 0 Å². The molecular formula is C15H18ClNO. The van der Waals surface area contributed by atoms with Crippen LogP contribution in [0.4, 0.5) is 0 Å². The lowest BCUT2D eigenvalue weighted by atomic mass is 10.1. The second-order valence-corrected chi connectivity index (χ2v) is 4.02. The normalized spacial score (nSPS) is 9.83. The van der Waals surface area contributed by atoms with E-state index in [-0.39, 0.29) is 20.4 Å². The van der Waals surface area contributed by atoms with Gasteiger partial charge in [0.1, 0.15) is 0 Å². The predicted molar refractivity (Wildman–Crippen MR) is 70.5 cm³/mol. The van der Waals surface area contributed by atoms with Gasteiger partial charge in [0.05, 0.1) is 6.61 Å². The summed E-state index contributed by atoms with van der Waals surface area (Å²) in [7, 11) is 0. The maximum Gasteiger partial charge on any atom is 1.00 e. The van der Waals surface area contributed by atoms with E-state index < -0.39 is 0 Å². The van der Waals surface area contributed by atoms with E-state index >= 15 is 0 Å². The first-order chi connectivity index (χ1) is 8.40. The van der Waals surface area contributed by atoms with Crippen molar-refractivity contribution in [3.63, 3.8) is 0 Å². The minimum absolute atomic E-state index is 0. The molecule has 2 aromatic carbocycles. The second-order valence-electron chi connectivity index (χ2n) is 4.02. The van der Waals surface area contributed by atoms with Crippen molar-refractivity contribution in [3.8, 4) is 0 Å². The molecule has 0 atom stereocenters. The molecule has 0 aliphatic heterocycles. The van der Waals surface area contributed by atoms with Crippen LogP contribution < -0.4 is 17.7 Å². The van der Waals surface area contributed by atoms with Crippen LogP contribution in [0.2, 0.25) is 0 Å². The lowest BCUT2D eigenvalue weighted by Crippen LogP contribution is -3.00. The van der Waals surface area contributed by atoms with Gasteiger partial charge in [0.15, 0.2) is 0 Å². The minimum Gasteiger partial charge on any atom is -1.00 e. The van der Waals surface area contributed by atoms with Gasteiger partial charge in [0, 0.05) is 13.1 Å². The predicted octanol–water partition coefficient (Wildman–Crippen LogP) is -0.415. The Hall–Kier alpha value is -1.35. The number of hydrogen-bond acceptors (Lipinski definition) is 2. The van der Waals surface area contributed by atoms with Crippen LogP contribution in [0, 0.1) is 0 Å². The molecule has 2 nitrogen and oxygen atoms in total. The molecule has 0 bridgehead atoms. The highest BCUT2D eigenvalue weighted by molar-refractivity contribution is 5.26. The number of aliphatic hydroxyl groups is 1. The summed E-state index contributed by atoms with van der Waals surface area (Å²) >= 11 is 0. The van der Waals surface area contributed by atoms with Crippen molar-refractivity contribution in [1.82, 2.24) is 5.32 Å². The molecule has 18 heavy (non-hydrogen) atoms. The molecule has 96 valence electrons. The van der Waals surface area contributed by atoms with Crippen LogP contribution in [0.25, 0.3) is 0 Å². The molecule has 2 rings (SSSR count). The molecule has 0 amide bonds. The Morgan fingerprint density at radius 3 is 2.11 bits per heavy atom. The van der Waals surface area contributed by atoms with Crippen molar-refractivity contribution in [2.45, 2.75) is 19.7 Å². The second kappa shape index (κ2) is 7.88. The van der Waals surface area contributed by atoms with Gasteiger partial charge in [-0.15, -0.1) is 0 Å². The average molecular weight is 264 g/mol. The number of nitrogens with one attached hydrogen (secondary N) is 1. The first-order valence-corrected chi connectivity index (χ1v) is 5.82. The molecule has 0 aliphatic rings. The molecule has 0 radical (unpaired) electrons. The molecule has 0 aliphatic carbocycles. The third-order valence-electron chi connectivity index (χ3n) is 2.78. The molecule has 0 unspecified atom stereocenters. The lowest BCUT2D eigenvalue weighted by molar-refractivity contribution is -0.00000444. The van der Waals surface area contributed by atoms with E-state index in [1.54, 1.807) is 0 Å². The third kappa shape index (κ3) is 4.15. The molecule has 0 saturated carbocycles. The molecule has 0 fully saturated rings. The quantitative estimate of drug-likeness (QED) is 0.769. The molecule has 0 aromatic heterocycles. The van der Waals surface area contributed by atoms with Crippen LogP contribution in [0.1, 0.15) is 18.1 Å². The van der Waals surface area contributed by atoms with Crippen LogP contribution in [0.3, 0.4) is 0 Å². The molecular weight excluding hydrogens is 246 g/mol. The molecule has 3 heteroatoms. The van der Waals surface area contributed by atoms with E-state index in [4.69, 9.17) is 0 Å². The van der Waals surface area contributed by atoms with Gasteiger partial charge < -0.3 is 22.8 Å². The first-order valence-electron chi connectivity index (χ1n) is 5.82. The Morgan fingerprint density at radius 2 is 1.44 bits per heavy atom. The summed E-state index contributed by atoms with van der Waals surface area (Å²) in [5.41, 5.74) is 3.42. The van der Waals surface area contributed by atoms with Gasteiger partial charge in [-0.05, 0) is 16.7 Å². The van der Waals surface area contributed by atoms with E-state index in [9.17, 15) is 5.11 Å². The summed E-state index contributed by atoms with van der Waals surface area (Å²) in [6.45, 7) is 1.73.